The number of hydrogen-bond donors (Lipinski definition) is 0. The topological polar surface area (TPSA) is 46.4 Å². The Morgan fingerprint density at radius 1 is 1.05 bits per heavy atom. The molecule has 0 saturated carbocycles. The molecule has 0 bridgehead atoms. The van der Waals surface area contributed by atoms with Gasteiger partial charge in [-0.3, -0.25) is 0 Å². The standard InChI is InChI=1S/C29H22F6N2O2Si/c1-3-40(2)23-10-17(36-12-28(32,33)13-36)4-6-19(23)25(26-21(30)8-16(27(38)39)9-22(26)31)20-7-5-18(11-24(20)40)37-14-29(34,35)15-37/h3-11H,1,12-15H2,2H3. The van der Waals surface area contributed by atoms with Crippen molar-refractivity contribution >= 4 is 36.2 Å². The molecule has 0 aromatic heterocycles. The average Bonchev–Trinajstić information content (AvgIpc) is 2.86. The molecule has 0 amide bonds. The van der Waals surface area contributed by atoms with Crippen LogP contribution in [0.3, 0.4) is 0 Å². The molecule has 206 valence electrons. The van der Waals surface area contributed by atoms with Crippen molar-refractivity contribution in [3.8, 4) is 0 Å². The molecule has 1 atom stereocenters. The number of rotatable bonds is 4. The second kappa shape index (κ2) is 8.57. The fraction of sp³-hybridized carbons (Fsp3) is 0.241. The Hall–Kier alpha value is -3.86. The molecule has 0 N–H and O–H groups in total. The number of anilines is 1. The summed E-state index contributed by atoms with van der Waals surface area (Å²) in [4.78, 5) is 12.8. The Morgan fingerprint density at radius 2 is 1.70 bits per heavy atom. The van der Waals surface area contributed by atoms with Gasteiger partial charge in [-0.1, -0.05) is 18.3 Å². The Bertz CT molecular complexity index is 1620. The molecule has 2 saturated heterocycles. The molecule has 6 rings (SSSR count). The number of nitrogens with zero attached hydrogens (tertiary/aromatic N) is 2. The van der Waals surface area contributed by atoms with Gasteiger partial charge in [0.15, 0.2) is 5.71 Å². The van der Waals surface area contributed by atoms with Crippen molar-refractivity contribution in [2.24, 2.45) is 0 Å². The minimum Gasteiger partial charge on any atom is -0.545 e. The van der Waals surface area contributed by atoms with Gasteiger partial charge in [-0.2, -0.15) is 8.78 Å². The second-order valence-electron chi connectivity index (χ2n) is 10.8. The highest BCUT2D eigenvalue weighted by Crippen LogP contribution is 2.44. The van der Waals surface area contributed by atoms with Gasteiger partial charge in [0.25, 0.3) is 5.92 Å². The zero-order chi connectivity index (χ0) is 28.8. The summed E-state index contributed by atoms with van der Waals surface area (Å²) in [6.07, 6.45) is 4.97. The number of aromatic carboxylic acids is 1. The van der Waals surface area contributed by atoms with Crippen LogP contribution in [0.2, 0.25) is 6.55 Å². The number of fused-ring (bicyclic) bond motifs is 2. The molecule has 4 nitrogen and oxygen atoms in total. The van der Waals surface area contributed by atoms with Gasteiger partial charge < -0.3 is 14.8 Å². The van der Waals surface area contributed by atoms with Crippen LogP contribution >= 0.6 is 0 Å². The van der Waals surface area contributed by atoms with Crippen LogP contribution in [-0.2, 0) is 0 Å². The van der Waals surface area contributed by atoms with Gasteiger partial charge in [0.1, 0.15) is 19.7 Å². The molecule has 1 unspecified atom stereocenters. The number of hydrogen-bond acceptors (Lipinski definition) is 3. The molecule has 2 aromatic carbocycles. The van der Waals surface area contributed by atoms with E-state index in [2.05, 4.69) is 6.58 Å². The van der Waals surface area contributed by atoms with E-state index in [9.17, 15) is 27.5 Å². The summed E-state index contributed by atoms with van der Waals surface area (Å²) in [5, 5.41) is 12.6. The maximum atomic E-state index is 15.5. The number of carboxylic acids is 1. The quantitative estimate of drug-likeness (QED) is 0.319. The number of carboxylic acid groups (broad SMARTS) is 1. The first-order valence-corrected chi connectivity index (χ1v) is 15.1. The molecule has 4 aliphatic rings. The van der Waals surface area contributed by atoms with Crippen molar-refractivity contribution in [2.75, 3.05) is 31.1 Å². The van der Waals surface area contributed by atoms with Crippen LogP contribution in [0.4, 0.5) is 32.0 Å². The van der Waals surface area contributed by atoms with Gasteiger partial charge in [-0.05, 0) is 51.9 Å². The lowest BCUT2D eigenvalue weighted by atomic mass is 9.88. The average molecular weight is 573 g/mol. The van der Waals surface area contributed by atoms with E-state index in [0.717, 1.165) is 0 Å². The van der Waals surface area contributed by atoms with Crippen molar-refractivity contribution < 1.29 is 40.8 Å². The van der Waals surface area contributed by atoms with Gasteiger partial charge in [0.2, 0.25) is 13.1 Å². The summed E-state index contributed by atoms with van der Waals surface area (Å²) in [6.45, 7) is 4.13. The van der Waals surface area contributed by atoms with Gasteiger partial charge in [-0.25, -0.2) is 22.1 Å². The SMILES string of the molecule is C=C[Si]1(C)C2=CC(=[N+]3CC(F)(F)C3)C=CC2=C(c2c(F)cc(C(=O)[O-])cc2F)c2ccc(N3CC(F)(F)C3)cc21. The van der Waals surface area contributed by atoms with E-state index in [-0.39, 0.29) is 5.57 Å². The molecular weight excluding hydrogens is 550 g/mol. The first kappa shape index (κ1) is 26.4. The van der Waals surface area contributed by atoms with Crippen molar-refractivity contribution in [1.82, 2.24) is 0 Å². The first-order chi connectivity index (χ1) is 18.7. The van der Waals surface area contributed by atoms with Gasteiger partial charge in [0, 0.05) is 29.0 Å². The van der Waals surface area contributed by atoms with Crippen LogP contribution in [0.5, 0.6) is 0 Å². The number of benzene rings is 2. The maximum absolute atomic E-state index is 15.5. The van der Waals surface area contributed by atoms with Crippen LogP contribution in [0.1, 0.15) is 21.5 Å². The number of halogens is 6. The minimum absolute atomic E-state index is 0.151. The van der Waals surface area contributed by atoms with Crippen LogP contribution in [0.25, 0.3) is 5.57 Å². The van der Waals surface area contributed by atoms with E-state index in [4.69, 9.17) is 0 Å². The molecule has 2 fully saturated rings. The Kier molecular flexibility index (Phi) is 5.65. The highest BCUT2D eigenvalue weighted by Gasteiger charge is 2.52. The molecule has 0 radical (unpaired) electrons. The highest BCUT2D eigenvalue weighted by molar-refractivity contribution is 7.02. The molecule has 40 heavy (non-hydrogen) atoms. The number of alkyl halides is 4. The van der Waals surface area contributed by atoms with E-state index in [0.29, 0.717) is 45.1 Å². The number of carbonyl (C=O) groups is 1. The summed E-state index contributed by atoms with van der Waals surface area (Å²) in [7, 11) is -2.93. The monoisotopic (exact) mass is 572 g/mol. The summed E-state index contributed by atoms with van der Waals surface area (Å²) < 4.78 is 87.1. The first-order valence-electron chi connectivity index (χ1n) is 12.5. The zero-order valence-corrected chi connectivity index (χ0v) is 22.2. The summed E-state index contributed by atoms with van der Waals surface area (Å²) in [6, 6.07) is 6.34. The molecule has 11 heteroatoms. The van der Waals surface area contributed by atoms with E-state index >= 15 is 8.78 Å². The van der Waals surface area contributed by atoms with E-state index < -0.39 is 74.8 Å². The second-order valence-corrected chi connectivity index (χ2v) is 14.7. The highest BCUT2D eigenvalue weighted by atomic mass is 28.3. The van der Waals surface area contributed by atoms with E-state index in [1.54, 1.807) is 42.1 Å². The number of allylic oxidation sites excluding steroid dienone is 5. The molecule has 1 aliphatic carbocycles. The van der Waals surface area contributed by atoms with Crippen LogP contribution < -0.4 is 15.2 Å². The van der Waals surface area contributed by atoms with Gasteiger partial charge in [0.05, 0.1) is 24.6 Å². The van der Waals surface area contributed by atoms with Gasteiger partial charge >= 0.3 is 5.92 Å². The predicted molar refractivity (Wildman–Crippen MR) is 139 cm³/mol. The summed E-state index contributed by atoms with van der Waals surface area (Å²) in [5.41, 5.74) is 2.73. The number of carbonyl (C=O) groups excluding carboxylic acids is 1. The summed E-state index contributed by atoms with van der Waals surface area (Å²) in [5.74, 6) is -9.61. The molecule has 2 aromatic rings. The summed E-state index contributed by atoms with van der Waals surface area (Å²) >= 11 is 0. The fourth-order valence-electron chi connectivity index (χ4n) is 5.85. The molecular formula is C29H22F6N2O2Si. The predicted octanol–water partition coefficient (Wildman–Crippen LogP) is 3.75. The largest absolute Gasteiger partial charge is 0.545 e. The van der Waals surface area contributed by atoms with Crippen LogP contribution in [0, 0.1) is 11.6 Å². The van der Waals surface area contributed by atoms with Gasteiger partial charge in [-0.15, -0.1) is 6.58 Å². The Balaban J connectivity index is 1.61. The Morgan fingerprint density at radius 3 is 2.25 bits per heavy atom. The van der Waals surface area contributed by atoms with Crippen molar-refractivity contribution in [3.63, 3.8) is 0 Å². The third-order valence-corrected chi connectivity index (χ3v) is 11.9. The molecule has 3 heterocycles. The van der Waals surface area contributed by atoms with E-state index in [1.807, 2.05) is 6.55 Å². The van der Waals surface area contributed by atoms with Crippen molar-refractivity contribution in [2.45, 2.75) is 18.4 Å². The third-order valence-electron chi connectivity index (χ3n) is 8.02. The van der Waals surface area contributed by atoms with Crippen molar-refractivity contribution in [1.29, 1.82) is 0 Å². The lowest BCUT2D eigenvalue weighted by Crippen LogP contribution is -2.57. The lowest BCUT2D eigenvalue weighted by Gasteiger charge is -2.42. The Labute approximate surface area is 226 Å². The molecule has 3 aliphatic heterocycles. The fourth-order valence-corrected chi connectivity index (χ4v) is 9.01. The normalized spacial score (nSPS) is 24.1. The van der Waals surface area contributed by atoms with E-state index in [1.165, 1.54) is 9.48 Å². The zero-order valence-electron chi connectivity index (χ0n) is 21.2. The van der Waals surface area contributed by atoms with Crippen LogP contribution in [0.15, 0.2) is 71.6 Å². The third kappa shape index (κ3) is 3.97. The minimum atomic E-state index is -2.93. The lowest BCUT2D eigenvalue weighted by molar-refractivity contribution is -0.638. The molecule has 0 spiro atoms. The smallest absolute Gasteiger partial charge is 0.361 e. The van der Waals surface area contributed by atoms with Crippen LogP contribution in [-0.4, -0.2) is 62.4 Å². The van der Waals surface area contributed by atoms with Crippen molar-refractivity contribution in [3.05, 3.63) is 99.9 Å². The maximum Gasteiger partial charge on any atom is 0.361 e.